The Kier molecular flexibility index (Phi) is 6.12. The van der Waals surface area contributed by atoms with E-state index in [9.17, 15) is 5.11 Å². The Bertz CT molecular complexity index is 1520. The van der Waals surface area contributed by atoms with Crippen LogP contribution in [0.4, 0.5) is 5.82 Å². The Morgan fingerprint density at radius 1 is 1.03 bits per heavy atom. The summed E-state index contributed by atoms with van der Waals surface area (Å²) in [7, 11) is 2.16. The van der Waals surface area contributed by atoms with E-state index in [1.54, 1.807) is 6.07 Å². The lowest BCUT2D eigenvalue weighted by Crippen LogP contribution is -2.37. The van der Waals surface area contributed by atoms with Crippen molar-refractivity contribution < 1.29 is 9.84 Å². The zero-order valence-corrected chi connectivity index (χ0v) is 23.2. The van der Waals surface area contributed by atoms with Crippen molar-refractivity contribution in [3.63, 3.8) is 0 Å². The highest BCUT2D eigenvalue weighted by molar-refractivity contribution is 9.10. The first kappa shape index (κ1) is 24.1. The van der Waals surface area contributed by atoms with Crippen LogP contribution in [0.3, 0.4) is 0 Å². The first-order chi connectivity index (χ1) is 18.5. The highest BCUT2D eigenvalue weighted by Gasteiger charge is 2.34. The Morgan fingerprint density at radius 2 is 1.82 bits per heavy atom. The van der Waals surface area contributed by atoms with Crippen LogP contribution in [0.1, 0.15) is 32.1 Å². The SMILES string of the molecule is CN1CCC[C@H]1COc1nc(N2CC3CCC(C3)C2)c2cnc(-c3cc(O)c(Br)c4ccccc34)cc2n1. The molecule has 0 spiro atoms. The van der Waals surface area contributed by atoms with Crippen molar-refractivity contribution in [1.29, 1.82) is 0 Å². The molecule has 2 aliphatic heterocycles. The van der Waals surface area contributed by atoms with E-state index in [2.05, 4.69) is 38.8 Å². The molecule has 1 saturated carbocycles. The molecule has 3 aliphatic rings. The Labute approximate surface area is 231 Å². The van der Waals surface area contributed by atoms with E-state index in [0.29, 0.717) is 23.1 Å². The molecule has 1 aliphatic carbocycles. The fourth-order valence-electron chi connectivity index (χ4n) is 6.72. The number of phenols is 1. The van der Waals surface area contributed by atoms with Gasteiger partial charge in [-0.15, -0.1) is 0 Å². The van der Waals surface area contributed by atoms with E-state index in [1.165, 1.54) is 25.7 Å². The minimum atomic E-state index is 0.192. The van der Waals surface area contributed by atoms with Crippen LogP contribution in [-0.2, 0) is 0 Å². The molecular weight excluding hydrogens is 542 g/mol. The van der Waals surface area contributed by atoms with Crippen LogP contribution in [-0.4, -0.2) is 64.3 Å². The molecule has 4 aromatic rings. The topological polar surface area (TPSA) is 74.6 Å². The minimum Gasteiger partial charge on any atom is -0.507 e. The quantitative estimate of drug-likeness (QED) is 0.312. The summed E-state index contributed by atoms with van der Waals surface area (Å²) in [5.74, 6) is 2.60. The standard InChI is InChI=1S/C30H32BrN5O2/c1-35-10-4-5-20(35)17-38-30-33-26-13-25(23-12-27(37)28(31)22-7-3-2-6-21(22)23)32-14-24(26)29(34-30)36-15-18-8-9-19(11-18)16-36/h2-3,6-7,12-14,18-20,37H,4-5,8-11,15-17H2,1H3/t18?,19?,20-/m0/s1. The third kappa shape index (κ3) is 4.28. The van der Waals surface area contributed by atoms with Crippen LogP contribution < -0.4 is 9.64 Å². The molecule has 2 aromatic heterocycles. The van der Waals surface area contributed by atoms with Crippen LogP contribution in [0.2, 0.25) is 0 Å². The number of hydrogen-bond donors (Lipinski definition) is 1. The number of halogens is 1. The van der Waals surface area contributed by atoms with Crippen molar-refractivity contribution in [2.45, 2.75) is 38.1 Å². The zero-order valence-electron chi connectivity index (χ0n) is 21.6. The highest BCUT2D eigenvalue weighted by atomic mass is 79.9. The summed E-state index contributed by atoms with van der Waals surface area (Å²) in [5, 5.41) is 13.6. The number of aromatic nitrogens is 3. The molecule has 3 fully saturated rings. The number of phenolic OH excluding ortho intramolecular Hbond substituents is 1. The number of rotatable bonds is 5. The molecule has 7 nitrogen and oxygen atoms in total. The molecule has 0 amide bonds. The first-order valence-electron chi connectivity index (χ1n) is 13.7. The average molecular weight is 575 g/mol. The summed E-state index contributed by atoms with van der Waals surface area (Å²) in [6.45, 7) is 3.76. The van der Waals surface area contributed by atoms with Gasteiger partial charge in [0.05, 0.1) is 21.1 Å². The Balaban J connectivity index is 1.33. The molecule has 8 heteroatoms. The predicted octanol–water partition coefficient (Wildman–Crippen LogP) is 6.02. The van der Waals surface area contributed by atoms with E-state index in [4.69, 9.17) is 19.7 Å². The van der Waals surface area contributed by atoms with Gasteiger partial charge in [0.15, 0.2) is 0 Å². The normalized spacial score (nSPS) is 23.5. The number of anilines is 1. The van der Waals surface area contributed by atoms with Gasteiger partial charge in [-0.3, -0.25) is 4.98 Å². The third-order valence-corrected chi connectivity index (χ3v) is 9.59. The van der Waals surface area contributed by atoms with Crippen molar-refractivity contribution >= 4 is 43.4 Å². The van der Waals surface area contributed by atoms with Gasteiger partial charge in [0.2, 0.25) is 0 Å². The maximum Gasteiger partial charge on any atom is 0.319 e. The fraction of sp³-hybridized carbons (Fsp3) is 0.433. The van der Waals surface area contributed by atoms with Crippen molar-refractivity contribution in [2.24, 2.45) is 11.8 Å². The number of pyridine rings is 1. The lowest BCUT2D eigenvalue weighted by molar-refractivity contribution is 0.188. The summed E-state index contributed by atoms with van der Waals surface area (Å²) in [5.41, 5.74) is 2.45. The van der Waals surface area contributed by atoms with Crippen LogP contribution in [0.25, 0.3) is 32.9 Å². The molecule has 196 valence electrons. The largest absolute Gasteiger partial charge is 0.507 e. The number of likely N-dealkylation sites (N-methyl/N-ethyl adjacent to an activating group) is 1. The minimum absolute atomic E-state index is 0.192. The second kappa shape index (κ2) is 9.65. The van der Waals surface area contributed by atoms with Gasteiger partial charge in [0.25, 0.3) is 0 Å². The summed E-state index contributed by atoms with van der Waals surface area (Å²) < 4.78 is 6.95. The summed E-state index contributed by atoms with van der Waals surface area (Å²) in [6, 6.07) is 12.7. The molecule has 2 aromatic carbocycles. The van der Waals surface area contributed by atoms with Gasteiger partial charge in [0, 0.05) is 36.3 Å². The van der Waals surface area contributed by atoms with Crippen molar-refractivity contribution in [1.82, 2.24) is 19.9 Å². The van der Waals surface area contributed by atoms with Crippen LogP contribution in [0.5, 0.6) is 11.8 Å². The summed E-state index contributed by atoms with van der Waals surface area (Å²) in [4.78, 5) is 19.5. The highest BCUT2D eigenvalue weighted by Crippen LogP contribution is 2.42. The van der Waals surface area contributed by atoms with Gasteiger partial charge in [-0.1, -0.05) is 24.3 Å². The lowest BCUT2D eigenvalue weighted by Gasteiger charge is -2.33. The number of aromatic hydroxyl groups is 1. The monoisotopic (exact) mass is 573 g/mol. The summed E-state index contributed by atoms with van der Waals surface area (Å²) in [6.07, 6.45) is 8.20. The fourth-order valence-corrected chi connectivity index (χ4v) is 7.18. The molecule has 2 unspecified atom stereocenters. The number of likely N-dealkylation sites (tertiary alicyclic amines) is 1. The van der Waals surface area contributed by atoms with Gasteiger partial charge < -0.3 is 19.6 Å². The smallest absolute Gasteiger partial charge is 0.319 e. The average Bonchev–Trinajstić information content (AvgIpc) is 3.51. The Hall–Kier alpha value is -2.97. The Morgan fingerprint density at radius 3 is 2.58 bits per heavy atom. The van der Waals surface area contributed by atoms with E-state index >= 15 is 0 Å². The molecular formula is C30H32BrN5O2. The van der Waals surface area contributed by atoms with Gasteiger partial charge in [-0.2, -0.15) is 9.97 Å². The lowest BCUT2D eigenvalue weighted by atomic mass is 9.98. The van der Waals surface area contributed by atoms with Gasteiger partial charge in [0.1, 0.15) is 18.2 Å². The molecule has 2 bridgehead atoms. The van der Waals surface area contributed by atoms with Crippen molar-refractivity contribution in [3.8, 4) is 23.0 Å². The molecule has 0 radical (unpaired) electrons. The summed E-state index contributed by atoms with van der Waals surface area (Å²) >= 11 is 3.54. The second-order valence-electron chi connectivity index (χ2n) is 11.3. The van der Waals surface area contributed by atoms with Crippen LogP contribution in [0.15, 0.2) is 47.1 Å². The number of piperidine rings is 1. The number of benzene rings is 2. The number of nitrogens with zero attached hydrogens (tertiary/aromatic N) is 5. The first-order valence-corrected chi connectivity index (χ1v) is 14.5. The molecule has 38 heavy (non-hydrogen) atoms. The van der Waals surface area contributed by atoms with Crippen LogP contribution in [0, 0.1) is 11.8 Å². The van der Waals surface area contributed by atoms with E-state index in [0.717, 1.165) is 76.6 Å². The number of ether oxygens (including phenoxy) is 1. The maximum atomic E-state index is 10.7. The molecule has 3 atom stereocenters. The van der Waals surface area contributed by atoms with E-state index in [1.807, 2.05) is 30.5 Å². The maximum absolute atomic E-state index is 10.7. The predicted molar refractivity (Wildman–Crippen MR) is 154 cm³/mol. The van der Waals surface area contributed by atoms with E-state index in [-0.39, 0.29) is 5.75 Å². The van der Waals surface area contributed by atoms with Crippen molar-refractivity contribution in [2.75, 3.05) is 38.2 Å². The molecule has 1 N–H and O–H groups in total. The third-order valence-electron chi connectivity index (χ3n) is 8.76. The molecule has 7 rings (SSSR count). The van der Waals surface area contributed by atoms with Crippen LogP contribution >= 0.6 is 15.9 Å². The van der Waals surface area contributed by atoms with E-state index < -0.39 is 0 Å². The van der Waals surface area contributed by atoms with Gasteiger partial charge >= 0.3 is 6.01 Å². The molecule has 4 heterocycles. The van der Waals surface area contributed by atoms with Crippen molar-refractivity contribution in [3.05, 3.63) is 47.1 Å². The molecule has 2 saturated heterocycles. The number of hydrogen-bond acceptors (Lipinski definition) is 7. The van der Waals surface area contributed by atoms with Gasteiger partial charge in [-0.25, -0.2) is 0 Å². The number of fused-ring (bicyclic) bond motifs is 4. The van der Waals surface area contributed by atoms with Gasteiger partial charge in [-0.05, 0) is 91.0 Å². The second-order valence-corrected chi connectivity index (χ2v) is 12.1. The zero-order chi connectivity index (χ0) is 25.8.